The van der Waals surface area contributed by atoms with Crippen molar-refractivity contribution >= 4 is 23.5 Å². The van der Waals surface area contributed by atoms with E-state index in [0.29, 0.717) is 0 Å². The van der Waals surface area contributed by atoms with E-state index in [1.54, 1.807) is 6.92 Å². The average Bonchev–Trinajstić information content (AvgIpc) is 2.23. The van der Waals surface area contributed by atoms with Gasteiger partial charge in [-0.05, 0) is 19.8 Å². The maximum Gasteiger partial charge on any atom is 0.333 e. The Morgan fingerprint density at radius 1 is 1.50 bits per heavy atom. The predicted octanol–water partition coefficient (Wildman–Crippen LogP) is 2.14. The number of carbonyl (C=O) groups is 2. The maximum absolute atomic E-state index is 11.2. The molecule has 0 aliphatic rings. The first-order chi connectivity index (χ1) is 7.52. The molecule has 0 bridgehead atoms. The summed E-state index contributed by atoms with van der Waals surface area (Å²) in [7, 11) is 0. The lowest BCUT2D eigenvalue weighted by molar-refractivity contribution is -0.138. The van der Waals surface area contributed by atoms with Crippen LogP contribution in [0.2, 0.25) is 0 Å². The molecule has 0 atom stereocenters. The van der Waals surface area contributed by atoms with Gasteiger partial charge in [0.05, 0.1) is 6.61 Å². The molecule has 0 fully saturated rings. The highest BCUT2D eigenvalue weighted by molar-refractivity contribution is 6.18. The van der Waals surface area contributed by atoms with E-state index in [0.717, 1.165) is 0 Å². The first kappa shape index (κ1) is 14.7. The van der Waals surface area contributed by atoms with Crippen LogP contribution in [0.1, 0.15) is 19.8 Å². The Morgan fingerprint density at radius 2 is 2.12 bits per heavy atom. The Morgan fingerprint density at radius 3 is 2.56 bits per heavy atom. The van der Waals surface area contributed by atoms with Gasteiger partial charge in [-0.1, -0.05) is 12.7 Å². The van der Waals surface area contributed by atoms with E-state index < -0.39 is 11.9 Å². The number of alkyl halides is 1. The Kier molecular flexibility index (Phi) is 7.29. The number of esters is 1. The van der Waals surface area contributed by atoms with E-state index >= 15 is 0 Å². The first-order valence-electron chi connectivity index (χ1n) is 4.86. The molecule has 16 heavy (non-hydrogen) atoms. The van der Waals surface area contributed by atoms with Crippen LogP contribution >= 0.6 is 11.6 Å². The Balaban J connectivity index is 4.37. The predicted molar refractivity (Wildman–Crippen MR) is 61.4 cm³/mol. The smallest absolute Gasteiger partial charge is 0.333 e. The molecular weight excluding hydrogens is 232 g/mol. The van der Waals surface area contributed by atoms with Crippen LogP contribution in [-0.2, 0) is 14.3 Å². The van der Waals surface area contributed by atoms with Crippen LogP contribution in [0, 0.1) is 0 Å². The number of carboxylic acids is 1. The third-order valence-electron chi connectivity index (χ3n) is 1.80. The van der Waals surface area contributed by atoms with Gasteiger partial charge in [0, 0.05) is 17.0 Å². The number of carbonyl (C=O) groups excluding carboxylic acids is 1. The topological polar surface area (TPSA) is 63.6 Å². The van der Waals surface area contributed by atoms with Crippen LogP contribution < -0.4 is 0 Å². The van der Waals surface area contributed by atoms with Gasteiger partial charge >= 0.3 is 11.9 Å². The van der Waals surface area contributed by atoms with Gasteiger partial charge in [-0.3, -0.25) is 0 Å². The van der Waals surface area contributed by atoms with Gasteiger partial charge in [-0.25, -0.2) is 9.59 Å². The largest absolute Gasteiger partial charge is 0.478 e. The summed E-state index contributed by atoms with van der Waals surface area (Å²) in [4.78, 5) is 21.9. The summed E-state index contributed by atoms with van der Waals surface area (Å²) in [6.07, 6.45) is 1.86. The molecule has 0 amide bonds. The molecule has 1 N–H and O–H groups in total. The summed E-state index contributed by atoms with van der Waals surface area (Å²) in [5.74, 6) is -1.31. The van der Waals surface area contributed by atoms with Crippen LogP contribution in [0.5, 0.6) is 0 Å². The average molecular weight is 247 g/mol. The van der Waals surface area contributed by atoms with Gasteiger partial charge in [-0.2, -0.15) is 0 Å². The minimum absolute atomic E-state index is 0.164. The van der Waals surface area contributed by atoms with Gasteiger partial charge < -0.3 is 9.84 Å². The summed E-state index contributed by atoms with van der Waals surface area (Å²) < 4.78 is 4.72. The van der Waals surface area contributed by atoms with Crippen molar-refractivity contribution in [3.63, 3.8) is 0 Å². The van der Waals surface area contributed by atoms with Crippen LogP contribution in [0.3, 0.4) is 0 Å². The summed E-state index contributed by atoms with van der Waals surface area (Å²) in [6, 6.07) is 0. The Hall–Kier alpha value is -1.29. The molecule has 0 aromatic heterocycles. The lowest BCUT2D eigenvalue weighted by Gasteiger charge is -2.03. The lowest BCUT2D eigenvalue weighted by atomic mass is 10.1. The number of carboxylic acid groups (broad SMARTS) is 1. The molecule has 5 heteroatoms. The van der Waals surface area contributed by atoms with Crippen molar-refractivity contribution in [1.29, 1.82) is 0 Å². The number of hydrogen-bond donors (Lipinski definition) is 1. The second-order valence-corrected chi connectivity index (χ2v) is 3.38. The van der Waals surface area contributed by atoms with Crippen molar-refractivity contribution in [2.24, 2.45) is 0 Å². The fourth-order valence-electron chi connectivity index (χ4n) is 0.961. The fourth-order valence-corrected chi connectivity index (χ4v) is 1.16. The number of ether oxygens (including phenoxy) is 1. The number of rotatable bonds is 7. The van der Waals surface area contributed by atoms with Gasteiger partial charge in [0.1, 0.15) is 0 Å². The second kappa shape index (κ2) is 7.93. The fraction of sp³-hybridized carbons (Fsp3) is 0.455. The van der Waals surface area contributed by atoms with Gasteiger partial charge in [0.15, 0.2) is 0 Å². The van der Waals surface area contributed by atoms with Crippen LogP contribution in [-0.4, -0.2) is 29.5 Å². The quantitative estimate of drug-likeness (QED) is 0.425. The molecule has 0 unspecified atom stereocenters. The summed E-state index contributed by atoms with van der Waals surface area (Å²) in [5, 5.41) is 8.79. The Labute approximate surface area is 99.5 Å². The monoisotopic (exact) mass is 246 g/mol. The van der Waals surface area contributed by atoms with E-state index in [1.165, 1.54) is 6.08 Å². The van der Waals surface area contributed by atoms with Crippen molar-refractivity contribution in [2.75, 3.05) is 12.5 Å². The third kappa shape index (κ3) is 5.56. The molecule has 0 aromatic rings. The zero-order valence-electron chi connectivity index (χ0n) is 9.16. The molecule has 0 aromatic carbocycles. The molecule has 0 saturated carbocycles. The first-order valence-corrected chi connectivity index (χ1v) is 5.39. The summed E-state index contributed by atoms with van der Waals surface area (Å²) in [5.41, 5.74) is 0.413. The van der Waals surface area contributed by atoms with Gasteiger partial charge in [0.2, 0.25) is 0 Å². The van der Waals surface area contributed by atoms with Crippen molar-refractivity contribution in [3.05, 3.63) is 23.8 Å². The zero-order chi connectivity index (χ0) is 12.6. The maximum atomic E-state index is 11.2. The van der Waals surface area contributed by atoms with Gasteiger partial charge in [-0.15, -0.1) is 11.6 Å². The van der Waals surface area contributed by atoms with E-state index in [2.05, 4.69) is 6.58 Å². The molecule has 0 saturated heterocycles. The zero-order valence-corrected chi connectivity index (χ0v) is 9.92. The summed E-state index contributed by atoms with van der Waals surface area (Å²) >= 11 is 5.45. The number of aliphatic carboxylic acids is 1. The molecular formula is C11H15ClO4. The van der Waals surface area contributed by atoms with E-state index in [9.17, 15) is 9.59 Å². The molecule has 0 rings (SSSR count). The molecule has 0 heterocycles. The molecule has 4 nitrogen and oxygen atoms in total. The van der Waals surface area contributed by atoms with Crippen molar-refractivity contribution in [3.8, 4) is 0 Å². The summed E-state index contributed by atoms with van der Waals surface area (Å²) in [6.45, 7) is 5.48. The highest BCUT2D eigenvalue weighted by atomic mass is 35.5. The molecule has 0 radical (unpaired) electrons. The molecule has 0 spiro atoms. The molecule has 0 aliphatic carbocycles. The third-order valence-corrected chi connectivity index (χ3v) is 1.99. The lowest BCUT2D eigenvalue weighted by Crippen LogP contribution is -2.07. The van der Waals surface area contributed by atoms with Crippen LogP contribution in [0.15, 0.2) is 23.8 Å². The second-order valence-electron chi connectivity index (χ2n) is 3.00. The van der Waals surface area contributed by atoms with Crippen LogP contribution in [0.4, 0.5) is 0 Å². The molecule has 0 aliphatic heterocycles. The van der Waals surface area contributed by atoms with Crippen molar-refractivity contribution < 1.29 is 19.4 Å². The number of allylic oxidation sites excluding steroid dienone is 1. The Bertz CT molecular complexity index is 307. The van der Waals surface area contributed by atoms with Gasteiger partial charge in [0.25, 0.3) is 0 Å². The minimum atomic E-state index is -1.03. The van der Waals surface area contributed by atoms with E-state index in [-0.39, 0.29) is 36.5 Å². The van der Waals surface area contributed by atoms with Crippen molar-refractivity contribution in [1.82, 2.24) is 0 Å². The highest BCUT2D eigenvalue weighted by Gasteiger charge is 2.09. The number of halogens is 1. The minimum Gasteiger partial charge on any atom is -0.478 e. The van der Waals surface area contributed by atoms with Crippen LogP contribution in [0.25, 0.3) is 0 Å². The van der Waals surface area contributed by atoms with E-state index in [4.69, 9.17) is 21.4 Å². The normalized spacial score (nSPS) is 11.0. The molecule has 90 valence electrons. The standard InChI is InChI=1S/C11H15ClO4/c1-3-16-11(15)8(2)4-5-9(6-7-12)10(13)14/h5H,2-4,6-7H2,1H3,(H,13,14). The van der Waals surface area contributed by atoms with Crippen molar-refractivity contribution in [2.45, 2.75) is 19.8 Å². The van der Waals surface area contributed by atoms with E-state index in [1.807, 2.05) is 0 Å². The number of hydrogen-bond acceptors (Lipinski definition) is 3. The SMILES string of the molecule is C=C(CC=C(CCCl)C(=O)O)C(=O)OCC. The highest BCUT2D eigenvalue weighted by Crippen LogP contribution is 2.09.